The predicted octanol–water partition coefficient (Wildman–Crippen LogP) is 2.27. The smallest absolute Gasteiger partial charge is 0.154 e. The fourth-order valence-electron chi connectivity index (χ4n) is 1.76. The molecule has 1 aromatic carbocycles. The predicted molar refractivity (Wildman–Crippen MR) is 63.1 cm³/mol. The molecule has 0 aliphatic carbocycles. The van der Waals surface area contributed by atoms with E-state index in [1.54, 1.807) is 16.8 Å². The quantitative estimate of drug-likeness (QED) is 0.632. The van der Waals surface area contributed by atoms with E-state index in [4.69, 9.17) is 5.26 Å². The molecule has 0 saturated heterocycles. The van der Waals surface area contributed by atoms with Crippen LogP contribution in [0.3, 0.4) is 0 Å². The maximum atomic E-state index is 9.05. The maximum absolute atomic E-state index is 9.05. The molecule has 0 radical (unpaired) electrons. The van der Waals surface area contributed by atoms with E-state index in [9.17, 15) is 0 Å². The van der Waals surface area contributed by atoms with Gasteiger partial charge < -0.3 is 0 Å². The van der Waals surface area contributed by atoms with Crippen LogP contribution in [0.5, 0.6) is 0 Å². The SMILES string of the molecule is N#Cc1ccccc1-c1cn2ncccc2n1. The number of rotatable bonds is 1. The van der Waals surface area contributed by atoms with Gasteiger partial charge in [0.2, 0.25) is 0 Å². The van der Waals surface area contributed by atoms with Crippen LogP contribution in [0, 0.1) is 11.3 Å². The first-order chi connectivity index (χ1) is 8.38. The van der Waals surface area contributed by atoms with Crippen molar-refractivity contribution in [3.63, 3.8) is 0 Å². The molecule has 0 saturated carbocycles. The van der Waals surface area contributed by atoms with Gasteiger partial charge in [-0.05, 0) is 18.2 Å². The molecule has 4 nitrogen and oxygen atoms in total. The topological polar surface area (TPSA) is 54.0 Å². The normalized spacial score (nSPS) is 10.3. The molecule has 0 aliphatic rings. The van der Waals surface area contributed by atoms with E-state index >= 15 is 0 Å². The lowest BCUT2D eigenvalue weighted by molar-refractivity contribution is 0.936. The molecule has 0 N–H and O–H groups in total. The summed E-state index contributed by atoms with van der Waals surface area (Å²) in [6.45, 7) is 0. The largest absolute Gasteiger partial charge is 0.227 e. The van der Waals surface area contributed by atoms with Gasteiger partial charge in [0.1, 0.15) is 0 Å². The number of imidazole rings is 1. The van der Waals surface area contributed by atoms with Gasteiger partial charge in [-0.25, -0.2) is 9.50 Å². The number of aromatic nitrogens is 3. The lowest BCUT2D eigenvalue weighted by Crippen LogP contribution is -1.85. The number of hydrogen-bond acceptors (Lipinski definition) is 3. The molecule has 2 heterocycles. The fourth-order valence-corrected chi connectivity index (χ4v) is 1.76. The van der Waals surface area contributed by atoms with E-state index in [0.29, 0.717) is 5.56 Å². The summed E-state index contributed by atoms with van der Waals surface area (Å²) >= 11 is 0. The van der Waals surface area contributed by atoms with Gasteiger partial charge in [0, 0.05) is 11.8 Å². The minimum Gasteiger partial charge on any atom is -0.227 e. The standard InChI is InChI=1S/C13H8N4/c14-8-10-4-1-2-5-11(10)12-9-17-13(16-12)6-3-7-15-17/h1-7,9H. The number of hydrogen-bond donors (Lipinski definition) is 0. The first kappa shape index (κ1) is 9.55. The minimum absolute atomic E-state index is 0.621. The van der Waals surface area contributed by atoms with Crippen molar-refractivity contribution in [2.75, 3.05) is 0 Å². The second-order valence-corrected chi connectivity index (χ2v) is 3.61. The van der Waals surface area contributed by atoms with Crippen LogP contribution in [-0.4, -0.2) is 14.6 Å². The highest BCUT2D eigenvalue weighted by Gasteiger charge is 2.08. The third kappa shape index (κ3) is 1.54. The molecular formula is C13H8N4. The van der Waals surface area contributed by atoms with Crippen LogP contribution in [0.1, 0.15) is 5.56 Å². The van der Waals surface area contributed by atoms with E-state index in [1.807, 2.05) is 36.5 Å². The van der Waals surface area contributed by atoms with Crippen LogP contribution in [0.2, 0.25) is 0 Å². The van der Waals surface area contributed by atoms with E-state index in [1.165, 1.54) is 0 Å². The van der Waals surface area contributed by atoms with Gasteiger partial charge in [0.15, 0.2) is 5.65 Å². The summed E-state index contributed by atoms with van der Waals surface area (Å²) in [6, 6.07) is 13.3. The summed E-state index contributed by atoms with van der Waals surface area (Å²) in [4.78, 5) is 4.44. The highest BCUT2D eigenvalue weighted by molar-refractivity contribution is 5.68. The average molecular weight is 220 g/mol. The summed E-state index contributed by atoms with van der Waals surface area (Å²) < 4.78 is 1.70. The number of fused-ring (bicyclic) bond motifs is 1. The molecule has 3 rings (SSSR count). The zero-order valence-electron chi connectivity index (χ0n) is 8.91. The maximum Gasteiger partial charge on any atom is 0.154 e. The molecule has 3 aromatic rings. The Morgan fingerprint density at radius 2 is 2.00 bits per heavy atom. The lowest BCUT2D eigenvalue weighted by atomic mass is 10.1. The highest BCUT2D eigenvalue weighted by atomic mass is 15.2. The van der Waals surface area contributed by atoms with Crippen LogP contribution in [0.15, 0.2) is 48.8 Å². The Morgan fingerprint density at radius 1 is 1.12 bits per heavy atom. The molecule has 2 aromatic heterocycles. The third-order valence-corrected chi connectivity index (χ3v) is 2.56. The summed E-state index contributed by atoms with van der Waals surface area (Å²) in [5.41, 5.74) is 2.99. The Hall–Kier alpha value is -2.67. The zero-order valence-corrected chi connectivity index (χ0v) is 8.91. The van der Waals surface area contributed by atoms with Gasteiger partial charge in [-0.15, -0.1) is 0 Å². The molecule has 0 bridgehead atoms. The Labute approximate surface area is 97.8 Å². The Kier molecular flexibility index (Phi) is 2.09. The monoisotopic (exact) mass is 220 g/mol. The lowest BCUT2D eigenvalue weighted by Gasteiger charge is -1.97. The Balaban J connectivity index is 2.25. The third-order valence-electron chi connectivity index (χ3n) is 2.56. The zero-order chi connectivity index (χ0) is 11.7. The summed E-state index contributed by atoms with van der Waals surface area (Å²) in [5, 5.41) is 13.2. The number of benzene rings is 1. The van der Waals surface area contributed by atoms with Crippen molar-refractivity contribution in [1.29, 1.82) is 5.26 Å². The van der Waals surface area contributed by atoms with Crippen molar-refractivity contribution in [2.45, 2.75) is 0 Å². The van der Waals surface area contributed by atoms with Gasteiger partial charge in [0.05, 0.1) is 23.5 Å². The molecule has 0 unspecified atom stereocenters. The van der Waals surface area contributed by atoms with Gasteiger partial charge >= 0.3 is 0 Å². The van der Waals surface area contributed by atoms with Crippen molar-refractivity contribution in [2.24, 2.45) is 0 Å². The van der Waals surface area contributed by atoms with E-state index in [0.717, 1.165) is 16.9 Å². The second-order valence-electron chi connectivity index (χ2n) is 3.61. The molecule has 4 heteroatoms. The first-order valence-corrected chi connectivity index (χ1v) is 5.18. The van der Waals surface area contributed by atoms with Gasteiger partial charge in [-0.1, -0.05) is 18.2 Å². The first-order valence-electron chi connectivity index (χ1n) is 5.18. The van der Waals surface area contributed by atoms with Gasteiger partial charge in [0.25, 0.3) is 0 Å². The Morgan fingerprint density at radius 3 is 2.82 bits per heavy atom. The molecule has 0 amide bonds. The van der Waals surface area contributed by atoms with Crippen LogP contribution in [0.4, 0.5) is 0 Å². The minimum atomic E-state index is 0.621. The van der Waals surface area contributed by atoms with Gasteiger partial charge in [-0.2, -0.15) is 10.4 Å². The van der Waals surface area contributed by atoms with E-state index in [-0.39, 0.29) is 0 Å². The van der Waals surface area contributed by atoms with Gasteiger partial charge in [-0.3, -0.25) is 0 Å². The van der Waals surface area contributed by atoms with E-state index < -0.39 is 0 Å². The molecule has 80 valence electrons. The van der Waals surface area contributed by atoms with Crippen molar-refractivity contribution in [1.82, 2.24) is 14.6 Å². The van der Waals surface area contributed by atoms with Crippen molar-refractivity contribution in [3.8, 4) is 17.3 Å². The molecule has 17 heavy (non-hydrogen) atoms. The van der Waals surface area contributed by atoms with Crippen molar-refractivity contribution in [3.05, 3.63) is 54.4 Å². The van der Waals surface area contributed by atoms with Crippen LogP contribution >= 0.6 is 0 Å². The van der Waals surface area contributed by atoms with Crippen molar-refractivity contribution >= 4 is 5.65 Å². The molecular weight excluding hydrogens is 212 g/mol. The number of nitrogens with zero attached hydrogens (tertiary/aromatic N) is 4. The summed E-state index contributed by atoms with van der Waals surface area (Å²) in [7, 11) is 0. The summed E-state index contributed by atoms with van der Waals surface area (Å²) in [6.07, 6.45) is 3.53. The van der Waals surface area contributed by atoms with E-state index in [2.05, 4.69) is 16.2 Å². The Bertz CT molecular complexity index is 688. The van der Waals surface area contributed by atoms with Crippen LogP contribution < -0.4 is 0 Å². The summed E-state index contributed by atoms with van der Waals surface area (Å²) in [5.74, 6) is 0. The van der Waals surface area contributed by atoms with Crippen molar-refractivity contribution < 1.29 is 0 Å². The van der Waals surface area contributed by atoms with Crippen LogP contribution in [-0.2, 0) is 0 Å². The molecule has 0 aliphatic heterocycles. The number of nitriles is 1. The van der Waals surface area contributed by atoms with Crippen LogP contribution in [0.25, 0.3) is 16.9 Å². The fraction of sp³-hybridized carbons (Fsp3) is 0. The molecule has 0 spiro atoms. The molecule has 0 fully saturated rings. The second kappa shape index (κ2) is 3.72. The average Bonchev–Trinajstić information content (AvgIpc) is 2.82. The molecule has 0 atom stereocenters. The highest BCUT2D eigenvalue weighted by Crippen LogP contribution is 2.22.